The van der Waals surface area contributed by atoms with Crippen LogP contribution in [-0.4, -0.2) is 74.0 Å². The summed E-state index contributed by atoms with van der Waals surface area (Å²) in [5.41, 5.74) is 2.49. The van der Waals surface area contributed by atoms with Gasteiger partial charge in [-0.1, -0.05) is 19.1 Å². The zero-order chi connectivity index (χ0) is 29.4. The molecular formula is C31H36N6O5. The van der Waals surface area contributed by atoms with E-state index < -0.39 is 6.04 Å². The normalized spacial score (nSPS) is 25.1. The Morgan fingerprint density at radius 3 is 2.76 bits per heavy atom. The lowest BCUT2D eigenvalue weighted by Gasteiger charge is -2.26. The Bertz CT molecular complexity index is 1560. The third-order valence-corrected chi connectivity index (χ3v) is 8.48. The first-order chi connectivity index (χ1) is 20.3. The van der Waals surface area contributed by atoms with Crippen LogP contribution < -0.4 is 10.1 Å². The lowest BCUT2D eigenvalue weighted by Crippen LogP contribution is -2.44. The number of ketones is 2. The van der Waals surface area contributed by atoms with E-state index in [2.05, 4.69) is 26.5 Å². The fourth-order valence-electron chi connectivity index (χ4n) is 6.32. The lowest BCUT2D eigenvalue weighted by atomic mass is 9.97. The number of nitrogens with zero attached hydrogens (tertiary/aromatic N) is 5. The molecule has 1 saturated heterocycles. The average Bonchev–Trinajstić information content (AvgIpc) is 3.38. The number of hydrogen-bond acceptors (Lipinski definition) is 9. The van der Waals surface area contributed by atoms with Crippen LogP contribution in [0.1, 0.15) is 61.1 Å². The molecular weight excluding hydrogens is 536 g/mol. The monoisotopic (exact) mass is 572 g/mol. The summed E-state index contributed by atoms with van der Waals surface area (Å²) in [4.78, 5) is 50.0. The molecule has 2 aliphatic heterocycles. The number of benzene rings is 1. The fraction of sp³-hybridized carbons (Fsp3) is 0.484. The number of Topliss-reactive ketones (excluding diaryl/α,β-unsaturated/α-hetero) is 2. The molecule has 3 aliphatic rings. The molecule has 1 amide bonds. The summed E-state index contributed by atoms with van der Waals surface area (Å²) in [5.74, 6) is 0.126. The van der Waals surface area contributed by atoms with E-state index in [-0.39, 0.29) is 47.2 Å². The second-order valence-electron chi connectivity index (χ2n) is 11.6. The van der Waals surface area contributed by atoms with Crippen LogP contribution in [0.15, 0.2) is 36.7 Å². The van der Waals surface area contributed by atoms with Gasteiger partial charge in [-0.25, -0.2) is 9.97 Å². The first-order valence-corrected chi connectivity index (χ1v) is 14.6. The molecule has 2 aromatic heterocycles. The standard InChI is InChI=1S/C31H36N6O5/c1-4-25(39)24-12-31-13-26(31)37(24)27(40)17-36-29-21(16-32-8-6-5-7-9-41-18-31)10-22(11-23(29)28(35-36)20(3)38)42-30-33-14-19(2)15-34-30/h5,7,10-11,14-15,24,26,32H,4,6,8-9,12-13,16-18H2,1-3H3/b7-5-/t24-,26+,31-/m0/s1. The van der Waals surface area contributed by atoms with E-state index in [1.165, 1.54) is 6.92 Å². The number of hydrogen-bond donors (Lipinski definition) is 1. The minimum absolute atomic E-state index is 0.0325. The Morgan fingerprint density at radius 2 is 2.00 bits per heavy atom. The van der Waals surface area contributed by atoms with Crippen LogP contribution in [-0.2, 0) is 27.4 Å². The predicted molar refractivity (Wildman–Crippen MR) is 154 cm³/mol. The van der Waals surface area contributed by atoms with Crippen molar-refractivity contribution >= 4 is 28.4 Å². The number of carbonyl (C=O) groups excluding carboxylic acids is 3. The number of carbonyl (C=O) groups is 3. The van der Waals surface area contributed by atoms with Gasteiger partial charge in [0.15, 0.2) is 11.6 Å². The van der Waals surface area contributed by atoms with Gasteiger partial charge in [0, 0.05) is 49.1 Å². The van der Waals surface area contributed by atoms with Crippen LogP contribution in [0.5, 0.6) is 11.8 Å². The van der Waals surface area contributed by atoms with E-state index in [0.29, 0.717) is 49.3 Å². The van der Waals surface area contributed by atoms with Crippen molar-refractivity contribution in [2.75, 3.05) is 19.8 Å². The van der Waals surface area contributed by atoms with Gasteiger partial charge in [-0.05, 0) is 56.0 Å². The maximum absolute atomic E-state index is 14.0. The van der Waals surface area contributed by atoms with Crippen molar-refractivity contribution in [1.29, 1.82) is 0 Å². The van der Waals surface area contributed by atoms with Gasteiger partial charge >= 0.3 is 6.01 Å². The van der Waals surface area contributed by atoms with Crippen LogP contribution in [0.3, 0.4) is 0 Å². The molecule has 3 aromatic rings. The molecule has 0 spiro atoms. The third-order valence-electron chi connectivity index (χ3n) is 8.48. The van der Waals surface area contributed by atoms with Crippen molar-refractivity contribution in [3.05, 3.63) is 53.5 Å². The van der Waals surface area contributed by atoms with E-state index >= 15 is 0 Å². The third kappa shape index (κ3) is 5.34. The molecule has 11 heteroatoms. The molecule has 1 aromatic carbocycles. The van der Waals surface area contributed by atoms with Crippen molar-refractivity contribution < 1.29 is 23.9 Å². The number of aryl methyl sites for hydroxylation is 1. The maximum Gasteiger partial charge on any atom is 0.321 e. The molecule has 2 bridgehead atoms. The number of ether oxygens (including phenoxy) is 2. The molecule has 3 atom stereocenters. The fourth-order valence-corrected chi connectivity index (χ4v) is 6.32. The van der Waals surface area contributed by atoms with Crippen LogP contribution >= 0.6 is 0 Å². The topological polar surface area (TPSA) is 129 Å². The van der Waals surface area contributed by atoms with E-state index in [9.17, 15) is 14.4 Å². The highest BCUT2D eigenvalue weighted by Gasteiger charge is 2.66. The summed E-state index contributed by atoms with van der Waals surface area (Å²) in [5, 5.41) is 8.68. The molecule has 1 N–H and O–H groups in total. The molecule has 1 aliphatic carbocycles. The SMILES string of the molecule is CCC(=O)[C@@H]1C[C@]23COC/C=C\CCNCc4cc(Oc5ncc(C)cn5)cc5c(C(C)=O)nn(c45)CC(=O)N1[C@@H]2C3. The molecule has 4 heterocycles. The van der Waals surface area contributed by atoms with Gasteiger partial charge in [-0.15, -0.1) is 0 Å². The van der Waals surface area contributed by atoms with Gasteiger partial charge in [0.25, 0.3) is 0 Å². The quantitative estimate of drug-likeness (QED) is 0.361. The lowest BCUT2D eigenvalue weighted by molar-refractivity contribution is -0.139. The van der Waals surface area contributed by atoms with Gasteiger partial charge in [0.2, 0.25) is 5.91 Å². The highest BCUT2D eigenvalue weighted by Crippen LogP contribution is 2.60. The second-order valence-corrected chi connectivity index (χ2v) is 11.6. The summed E-state index contributed by atoms with van der Waals surface area (Å²) in [6.45, 7) is 7.30. The molecule has 6 rings (SSSR count). The maximum atomic E-state index is 14.0. The van der Waals surface area contributed by atoms with Crippen LogP contribution in [0, 0.1) is 12.3 Å². The van der Waals surface area contributed by atoms with Crippen molar-refractivity contribution in [2.24, 2.45) is 5.41 Å². The van der Waals surface area contributed by atoms with Crippen molar-refractivity contribution in [1.82, 2.24) is 30.0 Å². The van der Waals surface area contributed by atoms with Crippen LogP contribution in [0.25, 0.3) is 10.9 Å². The van der Waals surface area contributed by atoms with Crippen molar-refractivity contribution in [3.63, 3.8) is 0 Å². The Hall–Kier alpha value is -3.96. The van der Waals surface area contributed by atoms with Gasteiger partial charge in [0.1, 0.15) is 18.0 Å². The van der Waals surface area contributed by atoms with Crippen LogP contribution in [0.4, 0.5) is 0 Å². The molecule has 0 radical (unpaired) electrons. The smallest absolute Gasteiger partial charge is 0.321 e. The van der Waals surface area contributed by atoms with Gasteiger partial charge in [-0.3, -0.25) is 19.1 Å². The Labute approximate surface area is 244 Å². The number of nitrogens with one attached hydrogen (secondary N) is 1. The van der Waals surface area contributed by atoms with Gasteiger partial charge < -0.3 is 19.7 Å². The summed E-state index contributed by atoms with van der Waals surface area (Å²) < 4.78 is 13.6. The Kier molecular flexibility index (Phi) is 7.63. The highest BCUT2D eigenvalue weighted by atomic mass is 16.5. The summed E-state index contributed by atoms with van der Waals surface area (Å²) in [6.07, 6.45) is 10.1. The first kappa shape index (κ1) is 28.2. The summed E-state index contributed by atoms with van der Waals surface area (Å²) in [6, 6.07) is 3.31. The minimum Gasteiger partial charge on any atom is -0.424 e. The van der Waals surface area contributed by atoms with Crippen LogP contribution in [0.2, 0.25) is 0 Å². The number of amides is 1. The minimum atomic E-state index is -0.468. The van der Waals surface area contributed by atoms with Gasteiger partial charge in [-0.2, -0.15) is 5.10 Å². The zero-order valence-corrected chi connectivity index (χ0v) is 24.3. The highest BCUT2D eigenvalue weighted by molar-refractivity contribution is 6.06. The molecule has 42 heavy (non-hydrogen) atoms. The number of piperidine rings is 1. The predicted octanol–water partition coefficient (Wildman–Crippen LogP) is 3.53. The average molecular weight is 573 g/mol. The largest absolute Gasteiger partial charge is 0.424 e. The van der Waals surface area contributed by atoms with E-state index in [0.717, 1.165) is 30.5 Å². The first-order valence-electron chi connectivity index (χ1n) is 14.6. The Morgan fingerprint density at radius 1 is 1.19 bits per heavy atom. The van der Waals surface area contributed by atoms with Gasteiger partial charge in [0.05, 0.1) is 24.8 Å². The Balaban J connectivity index is 1.41. The van der Waals surface area contributed by atoms with Crippen molar-refractivity contribution in [3.8, 4) is 11.8 Å². The molecule has 0 unspecified atom stereocenters. The number of rotatable bonds is 5. The van der Waals surface area contributed by atoms with Crippen molar-refractivity contribution in [2.45, 2.75) is 71.6 Å². The zero-order valence-electron chi connectivity index (χ0n) is 24.3. The van der Waals surface area contributed by atoms with E-state index in [1.54, 1.807) is 28.0 Å². The number of aromatic nitrogens is 4. The molecule has 11 nitrogen and oxygen atoms in total. The van der Waals surface area contributed by atoms with E-state index in [1.807, 2.05) is 26.0 Å². The summed E-state index contributed by atoms with van der Waals surface area (Å²) in [7, 11) is 0. The second kappa shape index (κ2) is 11.4. The summed E-state index contributed by atoms with van der Waals surface area (Å²) >= 11 is 0. The molecule has 220 valence electrons. The molecule has 2 fully saturated rings. The molecule has 1 saturated carbocycles. The van der Waals surface area contributed by atoms with E-state index in [4.69, 9.17) is 9.47 Å².